The highest BCUT2D eigenvalue weighted by atomic mass is 32.2. The molecule has 6 nitrogen and oxygen atoms in total. The van der Waals surface area contributed by atoms with Crippen LogP contribution in [-0.2, 0) is 27.4 Å². The smallest absolute Gasteiger partial charge is 0.309 e. The molecule has 0 unspecified atom stereocenters. The van der Waals surface area contributed by atoms with Gasteiger partial charge in [-0.2, -0.15) is 0 Å². The van der Waals surface area contributed by atoms with Crippen LogP contribution in [0, 0.1) is 5.82 Å². The van der Waals surface area contributed by atoms with Crippen LogP contribution in [0.15, 0.2) is 82.7 Å². The number of hydrogen-bond donors (Lipinski definition) is 0. The minimum Gasteiger partial charge on any atom is -0.489 e. The van der Waals surface area contributed by atoms with Crippen LogP contribution in [0.5, 0.6) is 5.75 Å². The standard InChI is InChI=1S/C27H23FN2O4S/c1-30-26(32)24(35-27(30)29-22-11-5-19(6-12-22)16-25(31)33-2)15-18-7-13-23(14-8-18)34-17-20-3-9-21(28)10-4-20/h3-15H,16-17H2,1-2H3. The zero-order valence-electron chi connectivity index (χ0n) is 19.2. The van der Waals surface area contributed by atoms with Crippen LogP contribution < -0.4 is 4.74 Å². The van der Waals surface area contributed by atoms with Gasteiger partial charge in [-0.3, -0.25) is 14.5 Å². The lowest BCUT2D eigenvalue weighted by Crippen LogP contribution is -2.23. The minimum atomic E-state index is -0.303. The topological polar surface area (TPSA) is 68.2 Å². The molecule has 1 heterocycles. The Morgan fingerprint density at radius 2 is 1.66 bits per heavy atom. The third-order valence-electron chi connectivity index (χ3n) is 5.24. The second-order valence-electron chi connectivity index (χ2n) is 7.77. The van der Waals surface area contributed by atoms with E-state index in [1.165, 1.54) is 35.9 Å². The van der Waals surface area contributed by atoms with Crippen LogP contribution in [0.2, 0.25) is 0 Å². The van der Waals surface area contributed by atoms with Gasteiger partial charge in [0, 0.05) is 7.05 Å². The average Bonchev–Trinajstić information content (AvgIpc) is 3.13. The zero-order valence-corrected chi connectivity index (χ0v) is 20.0. The fourth-order valence-electron chi connectivity index (χ4n) is 3.25. The zero-order chi connectivity index (χ0) is 24.8. The number of carbonyl (C=O) groups is 2. The van der Waals surface area contributed by atoms with Gasteiger partial charge in [-0.25, -0.2) is 9.38 Å². The maximum absolute atomic E-state index is 13.0. The number of carbonyl (C=O) groups excluding carboxylic acids is 2. The Bertz CT molecular complexity index is 1270. The molecular formula is C27H23FN2O4S. The van der Waals surface area contributed by atoms with Gasteiger partial charge in [0.05, 0.1) is 24.1 Å². The summed E-state index contributed by atoms with van der Waals surface area (Å²) in [4.78, 5) is 30.8. The molecule has 0 radical (unpaired) electrons. The summed E-state index contributed by atoms with van der Waals surface area (Å²) in [6, 6.07) is 20.8. The first-order valence-electron chi connectivity index (χ1n) is 10.8. The molecule has 1 aliphatic rings. The Balaban J connectivity index is 1.40. The van der Waals surface area contributed by atoms with E-state index in [0.29, 0.717) is 28.1 Å². The summed E-state index contributed by atoms with van der Waals surface area (Å²) in [5.41, 5.74) is 3.25. The van der Waals surface area contributed by atoms with Gasteiger partial charge in [-0.05, 0) is 70.9 Å². The maximum Gasteiger partial charge on any atom is 0.309 e. The van der Waals surface area contributed by atoms with Gasteiger partial charge in [-0.15, -0.1) is 0 Å². The van der Waals surface area contributed by atoms with Crippen molar-refractivity contribution < 1.29 is 23.5 Å². The molecule has 0 aliphatic carbocycles. The van der Waals surface area contributed by atoms with Crippen molar-refractivity contribution in [1.82, 2.24) is 4.90 Å². The molecule has 0 spiro atoms. The van der Waals surface area contributed by atoms with E-state index in [9.17, 15) is 14.0 Å². The van der Waals surface area contributed by atoms with Crippen molar-refractivity contribution in [1.29, 1.82) is 0 Å². The molecule has 1 aliphatic heterocycles. The van der Waals surface area contributed by atoms with Crippen molar-refractivity contribution in [3.8, 4) is 5.75 Å². The third-order valence-corrected chi connectivity index (χ3v) is 6.30. The number of halogens is 1. The molecular weight excluding hydrogens is 467 g/mol. The van der Waals surface area contributed by atoms with Gasteiger partial charge >= 0.3 is 5.97 Å². The molecule has 1 fully saturated rings. The fourth-order valence-corrected chi connectivity index (χ4v) is 4.24. The van der Waals surface area contributed by atoms with E-state index in [2.05, 4.69) is 9.73 Å². The van der Waals surface area contributed by atoms with Crippen LogP contribution in [0.4, 0.5) is 10.1 Å². The number of esters is 1. The Morgan fingerprint density at radius 3 is 2.31 bits per heavy atom. The first-order valence-corrected chi connectivity index (χ1v) is 11.6. The fraction of sp³-hybridized carbons (Fsp3) is 0.148. The molecule has 0 saturated carbocycles. The van der Waals surface area contributed by atoms with Crippen molar-refractivity contribution in [2.24, 2.45) is 4.99 Å². The van der Waals surface area contributed by atoms with Gasteiger partial charge in [0.2, 0.25) is 0 Å². The van der Waals surface area contributed by atoms with E-state index >= 15 is 0 Å². The van der Waals surface area contributed by atoms with Crippen molar-refractivity contribution in [3.05, 3.63) is 100 Å². The maximum atomic E-state index is 13.0. The third kappa shape index (κ3) is 6.36. The van der Waals surface area contributed by atoms with Crippen LogP contribution >= 0.6 is 11.8 Å². The van der Waals surface area contributed by atoms with E-state index in [1.807, 2.05) is 42.5 Å². The molecule has 1 amide bonds. The number of benzene rings is 3. The van der Waals surface area contributed by atoms with Crippen LogP contribution in [-0.4, -0.2) is 36.1 Å². The van der Waals surface area contributed by atoms with E-state index < -0.39 is 0 Å². The summed E-state index contributed by atoms with van der Waals surface area (Å²) < 4.78 is 23.4. The minimum absolute atomic E-state index is 0.132. The second kappa shape index (κ2) is 11.0. The van der Waals surface area contributed by atoms with E-state index in [-0.39, 0.29) is 24.1 Å². The molecule has 3 aromatic carbocycles. The number of amides is 1. The van der Waals surface area contributed by atoms with Gasteiger partial charge < -0.3 is 9.47 Å². The quantitative estimate of drug-likeness (QED) is 0.330. The first-order chi connectivity index (χ1) is 16.9. The Kier molecular flexibility index (Phi) is 7.62. The summed E-state index contributed by atoms with van der Waals surface area (Å²) in [6.07, 6.45) is 2.01. The highest BCUT2D eigenvalue weighted by Crippen LogP contribution is 2.33. The predicted molar refractivity (Wildman–Crippen MR) is 135 cm³/mol. The number of methoxy groups -OCH3 is 1. The summed E-state index contributed by atoms with van der Waals surface area (Å²) in [7, 11) is 3.04. The highest BCUT2D eigenvalue weighted by molar-refractivity contribution is 8.18. The molecule has 1 saturated heterocycles. The number of likely N-dealkylation sites (N-methyl/N-ethyl adjacent to an activating group) is 1. The highest BCUT2D eigenvalue weighted by Gasteiger charge is 2.30. The van der Waals surface area contributed by atoms with E-state index in [0.717, 1.165) is 16.7 Å². The Morgan fingerprint density at radius 1 is 1.00 bits per heavy atom. The van der Waals surface area contributed by atoms with Crippen molar-refractivity contribution >= 4 is 40.6 Å². The monoisotopic (exact) mass is 490 g/mol. The number of aliphatic imine (C=N–C) groups is 1. The van der Waals surface area contributed by atoms with Crippen LogP contribution in [0.25, 0.3) is 6.08 Å². The SMILES string of the molecule is COC(=O)Cc1ccc(N=C2SC(=Cc3ccc(OCc4ccc(F)cc4)cc3)C(=O)N2C)cc1. The lowest BCUT2D eigenvalue weighted by molar-refractivity contribution is -0.139. The Labute approximate surface area is 207 Å². The normalized spacial score (nSPS) is 15.6. The molecule has 3 aromatic rings. The molecule has 0 N–H and O–H groups in total. The molecule has 178 valence electrons. The lowest BCUT2D eigenvalue weighted by atomic mass is 10.1. The molecule has 0 bridgehead atoms. The van der Waals surface area contributed by atoms with Gasteiger partial charge in [-0.1, -0.05) is 36.4 Å². The lowest BCUT2D eigenvalue weighted by Gasteiger charge is -2.07. The van der Waals surface area contributed by atoms with Crippen LogP contribution in [0.3, 0.4) is 0 Å². The molecule has 8 heteroatoms. The summed E-state index contributed by atoms with van der Waals surface area (Å²) >= 11 is 1.30. The van der Waals surface area contributed by atoms with Crippen molar-refractivity contribution in [2.45, 2.75) is 13.0 Å². The van der Waals surface area contributed by atoms with Gasteiger partial charge in [0.25, 0.3) is 5.91 Å². The first kappa shape index (κ1) is 24.2. The number of hydrogen-bond acceptors (Lipinski definition) is 6. The molecule has 35 heavy (non-hydrogen) atoms. The summed E-state index contributed by atoms with van der Waals surface area (Å²) in [5, 5.41) is 0.571. The number of rotatable bonds is 7. The largest absolute Gasteiger partial charge is 0.489 e. The molecule has 0 aromatic heterocycles. The number of thioether (sulfide) groups is 1. The predicted octanol–water partition coefficient (Wildman–Crippen LogP) is 5.35. The van der Waals surface area contributed by atoms with Crippen molar-refractivity contribution in [3.63, 3.8) is 0 Å². The number of nitrogens with zero attached hydrogens (tertiary/aromatic N) is 2. The van der Waals surface area contributed by atoms with Gasteiger partial charge in [0.15, 0.2) is 5.17 Å². The van der Waals surface area contributed by atoms with Crippen LogP contribution in [0.1, 0.15) is 16.7 Å². The summed E-state index contributed by atoms with van der Waals surface area (Å²) in [5.74, 6) is -0.0366. The summed E-state index contributed by atoms with van der Waals surface area (Å²) in [6.45, 7) is 0.337. The van der Waals surface area contributed by atoms with E-state index in [1.54, 1.807) is 31.3 Å². The van der Waals surface area contributed by atoms with E-state index in [4.69, 9.17) is 4.74 Å². The Hall–Kier alpha value is -3.91. The number of amidine groups is 1. The molecule has 0 atom stereocenters. The second-order valence-corrected chi connectivity index (χ2v) is 8.78. The number of ether oxygens (including phenoxy) is 2. The molecule has 4 rings (SSSR count). The average molecular weight is 491 g/mol. The van der Waals surface area contributed by atoms with Gasteiger partial charge in [0.1, 0.15) is 18.2 Å². The van der Waals surface area contributed by atoms with Crippen molar-refractivity contribution in [2.75, 3.05) is 14.2 Å².